The third-order valence-corrected chi connectivity index (χ3v) is 5.90. The fourth-order valence-electron chi connectivity index (χ4n) is 3.18. The summed E-state index contributed by atoms with van der Waals surface area (Å²) in [4.78, 5) is 27.1. The number of rotatable bonds is 5. The van der Waals surface area contributed by atoms with E-state index >= 15 is 0 Å². The van der Waals surface area contributed by atoms with Crippen molar-refractivity contribution >= 4 is 23.4 Å². The van der Waals surface area contributed by atoms with Crippen molar-refractivity contribution in [1.82, 2.24) is 10.2 Å². The van der Waals surface area contributed by atoms with Gasteiger partial charge in [0, 0.05) is 29.6 Å². The molecule has 1 amide bonds. The highest BCUT2D eigenvalue weighted by atomic mass is 32.2. The van der Waals surface area contributed by atoms with E-state index in [2.05, 4.69) is 5.32 Å². The molecule has 0 radical (unpaired) electrons. The summed E-state index contributed by atoms with van der Waals surface area (Å²) in [6.07, 6.45) is 1.79. The summed E-state index contributed by atoms with van der Waals surface area (Å²) in [7, 11) is 1.78. The largest absolute Gasteiger partial charge is 0.339 e. The van der Waals surface area contributed by atoms with Crippen LogP contribution >= 0.6 is 11.8 Å². The van der Waals surface area contributed by atoms with Crippen LogP contribution in [0.2, 0.25) is 0 Å². The highest BCUT2D eigenvalue weighted by Gasteiger charge is 2.25. The predicted molar refractivity (Wildman–Crippen MR) is 106 cm³/mol. The zero-order valence-electron chi connectivity index (χ0n) is 15.5. The van der Waals surface area contributed by atoms with Gasteiger partial charge in [-0.05, 0) is 57.1 Å². The molecule has 0 aromatic heterocycles. The van der Waals surface area contributed by atoms with Crippen LogP contribution in [-0.4, -0.2) is 41.9 Å². The molecule has 142 valence electrons. The molecule has 0 spiro atoms. The van der Waals surface area contributed by atoms with E-state index in [-0.39, 0.29) is 17.6 Å². The van der Waals surface area contributed by atoms with E-state index < -0.39 is 4.92 Å². The summed E-state index contributed by atoms with van der Waals surface area (Å²) in [5.41, 5.74) is 1.46. The number of carbonyl (C=O) groups excluding carboxylic acids is 1. The van der Waals surface area contributed by atoms with Crippen LogP contribution in [0.15, 0.2) is 52.3 Å². The van der Waals surface area contributed by atoms with Crippen molar-refractivity contribution in [3.63, 3.8) is 0 Å². The molecule has 0 atom stereocenters. The van der Waals surface area contributed by atoms with Gasteiger partial charge in [-0.3, -0.25) is 14.9 Å². The average Bonchev–Trinajstić information content (AvgIpc) is 2.69. The molecule has 1 aliphatic rings. The van der Waals surface area contributed by atoms with Gasteiger partial charge in [0.15, 0.2) is 0 Å². The Balaban J connectivity index is 1.83. The molecule has 0 bridgehead atoms. The monoisotopic (exact) mass is 385 g/mol. The minimum absolute atomic E-state index is 0.0369. The lowest BCUT2D eigenvalue weighted by Crippen LogP contribution is -2.43. The predicted octanol–water partition coefficient (Wildman–Crippen LogP) is 3.88. The quantitative estimate of drug-likeness (QED) is 0.624. The van der Waals surface area contributed by atoms with Crippen molar-refractivity contribution in [2.24, 2.45) is 0 Å². The van der Waals surface area contributed by atoms with Crippen LogP contribution in [-0.2, 0) is 0 Å². The van der Waals surface area contributed by atoms with Crippen LogP contribution in [0.1, 0.15) is 28.8 Å². The molecule has 0 aliphatic carbocycles. The fourth-order valence-corrected chi connectivity index (χ4v) is 4.08. The average molecular weight is 385 g/mol. The Morgan fingerprint density at radius 1 is 1.19 bits per heavy atom. The first-order valence-corrected chi connectivity index (χ1v) is 9.78. The van der Waals surface area contributed by atoms with Crippen molar-refractivity contribution in [1.29, 1.82) is 0 Å². The number of aryl methyl sites for hydroxylation is 1. The highest BCUT2D eigenvalue weighted by molar-refractivity contribution is 7.99. The Kier molecular flexibility index (Phi) is 6.13. The van der Waals surface area contributed by atoms with E-state index in [0.717, 1.165) is 36.4 Å². The zero-order chi connectivity index (χ0) is 19.4. The number of nitro groups is 1. The van der Waals surface area contributed by atoms with Crippen LogP contribution in [0.5, 0.6) is 0 Å². The number of piperidine rings is 1. The second-order valence-electron chi connectivity index (χ2n) is 6.75. The van der Waals surface area contributed by atoms with Crippen molar-refractivity contribution in [2.75, 3.05) is 20.1 Å². The van der Waals surface area contributed by atoms with Gasteiger partial charge in [0.2, 0.25) is 0 Å². The normalized spacial score (nSPS) is 14.7. The molecule has 1 aliphatic heterocycles. The number of nitrogens with one attached hydrogen (secondary N) is 1. The summed E-state index contributed by atoms with van der Waals surface area (Å²) in [6, 6.07) is 12.7. The summed E-state index contributed by atoms with van der Waals surface area (Å²) in [5.74, 6) is -0.170. The van der Waals surface area contributed by atoms with Crippen LogP contribution in [0.25, 0.3) is 0 Å². The van der Waals surface area contributed by atoms with Gasteiger partial charge in [0.1, 0.15) is 0 Å². The maximum Gasteiger partial charge on any atom is 0.284 e. The fraction of sp³-hybridized carbons (Fsp3) is 0.350. The van der Waals surface area contributed by atoms with Crippen LogP contribution in [0.4, 0.5) is 5.69 Å². The Morgan fingerprint density at radius 3 is 2.48 bits per heavy atom. The van der Waals surface area contributed by atoms with Crippen LogP contribution < -0.4 is 5.32 Å². The Labute approximate surface area is 163 Å². The van der Waals surface area contributed by atoms with E-state index in [1.165, 1.54) is 17.8 Å². The number of benzene rings is 2. The molecule has 1 fully saturated rings. The molecule has 1 heterocycles. The van der Waals surface area contributed by atoms with Crippen molar-refractivity contribution < 1.29 is 9.72 Å². The molecular formula is C20H23N3O3S. The lowest BCUT2D eigenvalue weighted by Gasteiger charge is -2.31. The van der Waals surface area contributed by atoms with Gasteiger partial charge in [0.25, 0.3) is 11.6 Å². The number of hydrogen-bond donors (Lipinski definition) is 1. The molecule has 27 heavy (non-hydrogen) atoms. The van der Waals surface area contributed by atoms with Gasteiger partial charge >= 0.3 is 0 Å². The lowest BCUT2D eigenvalue weighted by atomic mass is 10.0. The SMILES string of the molecule is Cc1ccc(Sc2ccc(C(=O)N(C)C3CCNCC3)cc2[N+](=O)[O-])cc1. The maximum atomic E-state index is 12.8. The molecule has 2 aromatic carbocycles. The highest BCUT2D eigenvalue weighted by Crippen LogP contribution is 2.35. The number of nitrogens with zero attached hydrogens (tertiary/aromatic N) is 2. The number of hydrogen-bond acceptors (Lipinski definition) is 5. The first-order valence-electron chi connectivity index (χ1n) is 8.96. The zero-order valence-corrected chi connectivity index (χ0v) is 16.3. The van der Waals surface area contributed by atoms with E-state index in [1.54, 1.807) is 24.1 Å². The molecule has 1 N–H and O–H groups in total. The molecule has 0 saturated carbocycles. The first kappa shape index (κ1) is 19.4. The number of carbonyl (C=O) groups is 1. The van der Waals surface area contributed by atoms with Crippen molar-refractivity contribution in [3.05, 3.63) is 63.7 Å². The van der Waals surface area contributed by atoms with Crippen molar-refractivity contribution in [3.8, 4) is 0 Å². The van der Waals surface area contributed by atoms with Gasteiger partial charge in [-0.25, -0.2) is 0 Å². The Bertz CT molecular complexity index is 833. The minimum Gasteiger partial charge on any atom is -0.339 e. The molecule has 3 rings (SSSR count). The molecule has 7 heteroatoms. The van der Waals surface area contributed by atoms with E-state index in [0.29, 0.717) is 10.5 Å². The van der Waals surface area contributed by atoms with Gasteiger partial charge in [-0.15, -0.1) is 0 Å². The van der Waals surface area contributed by atoms with Gasteiger partial charge in [-0.2, -0.15) is 0 Å². The number of nitro benzene ring substituents is 1. The Hall–Kier alpha value is -2.38. The third-order valence-electron chi connectivity index (χ3n) is 4.83. The molecular weight excluding hydrogens is 362 g/mol. The standard InChI is InChI=1S/C20H23N3O3S/c1-14-3-6-17(7-4-14)27-19-8-5-15(13-18(19)23(25)26)20(24)22(2)16-9-11-21-12-10-16/h3-8,13,16,21H,9-12H2,1-2H3. The van der Waals surface area contributed by atoms with Crippen molar-refractivity contribution in [2.45, 2.75) is 35.6 Å². The minimum atomic E-state index is -0.419. The molecule has 6 nitrogen and oxygen atoms in total. The molecule has 0 unspecified atom stereocenters. The summed E-state index contributed by atoms with van der Waals surface area (Å²) >= 11 is 1.33. The lowest BCUT2D eigenvalue weighted by molar-refractivity contribution is -0.387. The summed E-state index contributed by atoms with van der Waals surface area (Å²) in [5, 5.41) is 14.8. The first-order chi connectivity index (χ1) is 13.0. The molecule has 2 aromatic rings. The summed E-state index contributed by atoms with van der Waals surface area (Å²) in [6.45, 7) is 3.76. The second-order valence-corrected chi connectivity index (χ2v) is 7.87. The second kappa shape index (κ2) is 8.54. The smallest absolute Gasteiger partial charge is 0.284 e. The van der Waals surface area contributed by atoms with Gasteiger partial charge in [0.05, 0.1) is 9.82 Å². The Morgan fingerprint density at radius 2 is 1.85 bits per heavy atom. The van der Waals surface area contributed by atoms with Gasteiger partial charge in [-0.1, -0.05) is 29.5 Å². The van der Waals surface area contributed by atoms with Crippen LogP contribution in [0.3, 0.4) is 0 Å². The summed E-state index contributed by atoms with van der Waals surface area (Å²) < 4.78 is 0. The topological polar surface area (TPSA) is 75.5 Å². The molecule has 1 saturated heterocycles. The number of amides is 1. The third kappa shape index (κ3) is 4.67. The van der Waals surface area contributed by atoms with E-state index in [1.807, 2.05) is 31.2 Å². The van der Waals surface area contributed by atoms with Crippen LogP contribution in [0, 0.1) is 17.0 Å². The van der Waals surface area contributed by atoms with E-state index in [4.69, 9.17) is 0 Å². The van der Waals surface area contributed by atoms with Gasteiger partial charge < -0.3 is 10.2 Å². The van der Waals surface area contributed by atoms with E-state index in [9.17, 15) is 14.9 Å². The maximum absolute atomic E-state index is 12.8.